The van der Waals surface area contributed by atoms with Crippen LogP contribution in [-0.2, 0) is 13.2 Å². The second kappa shape index (κ2) is 13.3. The summed E-state index contributed by atoms with van der Waals surface area (Å²) in [6.45, 7) is 3.29. The topological polar surface area (TPSA) is 30.5 Å². The van der Waals surface area contributed by atoms with Gasteiger partial charge in [0.15, 0.2) is 11.5 Å². The number of hydrogen-bond donors (Lipinski definition) is 1. The first kappa shape index (κ1) is 26.8. The first-order valence-corrected chi connectivity index (χ1v) is 11.8. The fourth-order valence-corrected chi connectivity index (χ4v) is 4.33. The number of rotatable bonds is 10. The monoisotopic (exact) mass is 557 g/mol. The highest BCUT2D eigenvalue weighted by molar-refractivity contribution is 9.10. The number of benzene rings is 3. The standard InChI is InChI=1S/C25H26BrCl2NO2.ClH/c1-3-7-23(19-8-5-4-6-9-19)29-15-18-12-20(26)25(24(14-18)30-2)31-16-17-10-11-21(27)22(28)13-17;/h4-6,8-14,23,29H,3,7,15-16H2,1-2H3;1H. The van der Waals surface area contributed by atoms with E-state index in [1.807, 2.05) is 18.2 Å². The number of ether oxygens (including phenoxy) is 2. The van der Waals surface area contributed by atoms with Gasteiger partial charge >= 0.3 is 0 Å². The van der Waals surface area contributed by atoms with Crippen LogP contribution in [0.25, 0.3) is 0 Å². The molecule has 3 aromatic carbocycles. The molecule has 7 heteroatoms. The van der Waals surface area contributed by atoms with E-state index < -0.39 is 0 Å². The van der Waals surface area contributed by atoms with Gasteiger partial charge in [-0.2, -0.15) is 0 Å². The summed E-state index contributed by atoms with van der Waals surface area (Å²) in [7, 11) is 1.65. The van der Waals surface area contributed by atoms with Crippen molar-refractivity contribution < 1.29 is 9.47 Å². The predicted octanol–water partition coefficient (Wildman–Crippen LogP) is 8.40. The van der Waals surface area contributed by atoms with Gasteiger partial charge in [0.05, 0.1) is 21.6 Å². The van der Waals surface area contributed by atoms with Gasteiger partial charge in [-0.15, -0.1) is 12.4 Å². The Morgan fingerprint density at radius 2 is 1.72 bits per heavy atom. The van der Waals surface area contributed by atoms with E-state index in [4.69, 9.17) is 32.7 Å². The molecule has 1 atom stereocenters. The van der Waals surface area contributed by atoms with Crippen LogP contribution >= 0.6 is 51.5 Å². The van der Waals surface area contributed by atoms with Crippen molar-refractivity contribution in [2.45, 2.75) is 39.0 Å². The average Bonchev–Trinajstić information content (AvgIpc) is 2.78. The second-order valence-corrected chi connectivity index (χ2v) is 8.95. The molecule has 3 aromatic rings. The normalized spacial score (nSPS) is 11.5. The highest BCUT2D eigenvalue weighted by Gasteiger charge is 2.14. The zero-order chi connectivity index (χ0) is 22.2. The molecule has 0 saturated carbocycles. The summed E-state index contributed by atoms with van der Waals surface area (Å²) in [6.07, 6.45) is 2.19. The van der Waals surface area contributed by atoms with E-state index in [9.17, 15) is 0 Å². The summed E-state index contributed by atoms with van der Waals surface area (Å²) in [5, 5.41) is 4.71. The SMILES string of the molecule is CCCC(NCc1cc(Br)c(OCc2ccc(Cl)c(Cl)c2)c(OC)c1)c1ccccc1.Cl. The summed E-state index contributed by atoms with van der Waals surface area (Å²) in [6, 6.07) is 20.4. The summed E-state index contributed by atoms with van der Waals surface area (Å²) in [5.41, 5.74) is 3.35. The van der Waals surface area contributed by atoms with E-state index in [2.05, 4.69) is 58.5 Å². The van der Waals surface area contributed by atoms with Crippen molar-refractivity contribution in [1.29, 1.82) is 0 Å². The van der Waals surface area contributed by atoms with Crippen LogP contribution in [0.3, 0.4) is 0 Å². The fourth-order valence-electron chi connectivity index (χ4n) is 3.40. The van der Waals surface area contributed by atoms with E-state index >= 15 is 0 Å². The molecule has 0 radical (unpaired) electrons. The lowest BCUT2D eigenvalue weighted by atomic mass is 10.0. The fraction of sp³-hybridized carbons (Fsp3) is 0.280. The summed E-state index contributed by atoms with van der Waals surface area (Å²) >= 11 is 15.7. The lowest BCUT2D eigenvalue weighted by Gasteiger charge is -2.20. The minimum atomic E-state index is 0. The third-order valence-electron chi connectivity index (χ3n) is 4.99. The van der Waals surface area contributed by atoms with Gasteiger partial charge in [0, 0.05) is 12.6 Å². The maximum absolute atomic E-state index is 6.10. The van der Waals surface area contributed by atoms with Crippen LogP contribution in [0.15, 0.2) is 65.1 Å². The molecule has 1 unspecified atom stereocenters. The molecule has 172 valence electrons. The van der Waals surface area contributed by atoms with Crippen LogP contribution in [0, 0.1) is 0 Å². The number of halogens is 4. The molecule has 1 N–H and O–H groups in total. The number of hydrogen-bond acceptors (Lipinski definition) is 3. The molecular formula is C25H27BrCl3NO2. The Bertz CT molecular complexity index is 1000. The Balaban J connectivity index is 0.00000363. The highest BCUT2D eigenvalue weighted by atomic mass is 79.9. The predicted molar refractivity (Wildman–Crippen MR) is 140 cm³/mol. The van der Waals surface area contributed by atoms with E-state index in [1.165, 1.54) is 5.56 Å². The second-order valence-electron chi connectivity index (χ2n) is 7.28. The van der Waals surface area contributed by atoms with Gasteiger partial charge in [0.25, 0.3) is 0 Å². The largest absolute Gasteiger partial charge is 0.493 e. The van der Waals surface area contributed by atoms with Crippen molar-refractivity contribution in [3.05, 3.63) is 91.9 Å². The maximum atomic E-state index is 6.10. The van der Waals surface area contributed by atoms with E-state index in [0.717, 1.165) is 35.0 Å². The Hall–Kier alpha value is -1.43. The van der Waals surface area contributed by atoms with Gasteiger partial charge in [-0.3, -0.25) is 0 Å². The van der Waals surface area contributed by atoms with Crippen molar-refractivity contribution in [2.75, 3.05) is 7.11 Å². The van der Waals surface area contributed by atoms with Crippen molar-refractivity contribution in [3.63, 3.8) is 0 Å². The third kappa shape index (κ3) is 7.29. The van der Waals surface area contributed by atoms with Gasteiger partial charge in [-0.1, -0.05) is 72.9 Å². The lowest BCUT2D eigenvalue weighted by Crippen LogP contribution is -2.20. The molecule has 0 amide bonds. The highest BCUT2D eigenvalue weighted by Crippen LogP contribution is 2.37. The Morgan fingerprint density at radius 1 is 0.969 bits per heavy atom. The molecule has 0 aliphatic carbocycles. The van der Waals surface area contributed by atoms with Crippen LogP contribution in [-0.4, -0.2) is 7.11 Å². The molecule has 0 aromatic heterocycles. The van der Waals surface area contributed by atoms with Gasteiger partial charge in [0.2, 0.25) is 0 Å². The van der Waals surface area contributed by atoms with Crippen LogP contribution < -0.4 is 14.8 Å². The molecule has 0 spiro atoms. The van der Waals surface area contributed by atoms with Crippen molar-refractivity contribution in [2.24, 2.45) is 0 Å². The summed E-state index contributed by atoms with van der Waals surface area (Å²) in [5.74, 6) is 1.34. The van der Waals surface area contributed by atoms with E-state index in [1.54, 1.807) is 19.2 Å². The third-order valence-corrected chi connectivity index (χ3v) is 6.32. The quantitative estimate of drug-likeness (QED) is 0.271. The van der Waals surface area contributed by atoms with Gasteiger partial charge in [0.1, 0.15) is 6.61 Å². The molecular weight excluding hydrogens is 533 g/mol. The average molecular weight is 560 g/mol. The van der Waals surface area contributed by atoms with Crippen LogP contribution in [0.1, 0.15) is 42.5 Å². The molecule has 0 saturated heterocycles. The van der Waals surface area contributed by atoms with Crippen LogP contribution in [0.4, 0.5) is 0 Å². The van der Waals surface area contributed by atoms with Gasteiger partial charge in [-0.25, -0.2) is 0 Å². The molecule has 3 nitrogen and oxygen atoms in total. The summed E-state index contributed by atoms with van der Waals surface area (Å²) in [4.78, 5) is 0. The molecule has 3 rings (SSSR count). The minimum Gasteiger partial charge on any atom is -0.493 e. The minimum absolute atomic E-state index is 0. The van der Waals surface area contributed by atoms with Crippen LogP contribution in [0.2, 0.25) is 10.0 Å². The lowest BCUT2D eigenvalue weighted by molar-refractivity contribution is 0.282. The molecule has 0 bridgehead atoms. The number of methoxy groups -OCH3 is 1. The maximum Gasteiger partial charge on any atom is 0.175 e. The number of nitrogens with one attached hydrogen (secondary N) is 1. The Morgan fingerprint density at radius 3 is 2.38 bits per heavy atom. The Labute approximate surface area is 215 Å². The van der Waals surface area contributed by atoms with E-state index in [-0.39, 0.29) is 12.4 Å². The smallest absolute Gasteiger partial charge is 0.175 e. The first-order valence-electron chi connectivity index (χ1n) is 10.2. The molecule has 0 aliphatic rings. The van der Waals surface area contributed by atoms with Crippen molar-refractivity contribution in [1.82, 2.24) is 5.32 Å². The van der Waals surface area contributed by atoms with Crippen molar-refractivity contribution in [3.8, 4) is 11.5 Å². The molecule has 0 heterocycles. The van der Waals surface area contributed by atoms with Gasteiger partial charge in [-0.05, 0) is 63.3 Å². The van der Waals surface area contributed by atoms with E-state index in [0.29, 0.717) is 34.2 Å². The first-order chi connectivity index (χ1) is 15.0. The molecule has 32 heavy (non-hydrogen) atoms. The molecule has 0 fully saturated rings. The zero-order valence-corrected chi connectivity index (χ0v) is 22.0. The van der Waals surface area contributed by atoms with Crippen molar-refractivity contribution >= 4 is 51.5 Å². The van der Waals surface area contributed by atoms with Crippen LogP contribution in [0.5, 0.6) is 11.5 Å². The summed E-state index contributed by atoms with van der Waals surface area (Å²) < 4.78 is 12.5. The molecule has 0 aliphatic heterocycles. The Kier molecular flexibility index (Phi) is 11.2. The van der Waals surface area contributed by atoms with Gasteiger partial charge < -0.3 is 14.8 Å². The zero-order valence-electron chi connectivity index (χ0n) is 18.0.